The second kappa shape index (κ2) is 14.1. The lowest BCUT2D eigenvalue weighted by Gasteiger charge is -2.33. The Bertz CT molecular complexity index is 1990. The number of likely N-dealkylation sites (tertiary alicyclic amines) is 1. The van der Waals surface area contributed by atoms with E-state index in [-0.39, 0.29) is 12.2 Å². The zero-order valence-corrected chi connectivity index (χ0v) is 29.9. The number of aryl methyl sites for hydroxylation is 1. The molecular weight excluding hydrogens is 664 g/mol. The summed E-state index contributed by atoms with van der Waals surface area (Å²) in [6, 6.07) is 17.5. The molecule has 0 N–H and O–H groups in total. The summed E-state index contributed by atoms with van der Waals surface area (Å²) in [5, 5.41) is 1.18. The van der Waals surface area contributed by atoms with Gasteiger partial charge in [0, 0.05) is 49.5 Å². The molecule has 6 rings (SSSR count). The second-order valence-corrected chi connectivity index (χ2v) is 14.4. The summed E-state index contributed by atoms with van der Waals surface area (Å²) < 4.78 is 25.3. The average Bonchev–Trinajstić information content (AvgIpc) is 3.68. The van der Waals surface area contributed by atoms with Gasteiger partial charge < -0.3 is 23.8 Å². The third kappa shape index (κ3) is 7.68. The van der Waals surface area contributed by atoms with E-state index in [1.807, 2.05) is 93.8 Å². The Morgan fingerprint density at radius 1 is 1.00 bits per heavy atom. The number of thiophene rings is 1. The molecule has 12 heteroatoms. The van der Waals surface area contributed by atoms with E-state index in [4.69, 9.17) is 30.5 Å². The lowest BCUT2D eigenvalue weighted by atomic mass is 10.1. The van der Waals surface area contributed by atoms with E-state index in [0.717, 1.165) is 32.9 Å². The number of amides is 1. The van der Waals surface area contributed by atoms with Gasteiger partial charge in [0.25, 0.3) is 0 Å². The van der Waals surface area contributed by atoms with Crippen molar-refractivity contribution in [1.29, 1.82) is 0 Å². The van der Waals surface area contributed by atoms with Crippen LogP contribution in [0.4, 0.5) is 4.79 Å². The van der Waals surface area contributed by atoms with Gasteiger partial charge in [0.1, 0.15) is 40.6 Å². The van der Waals surface area contributed by atoms with E-state index >= 15 is 0 Å². The summed E-state index contributed by atoms with van der Waals surface area (Å²) in [5.41, 5.74) is 4.91. The number of aromatic nitrogens is 3. The fraction of sp³-hybridized carbons (Fsp3) is 0.351. The number of methoxy groups -OCH3 is 1. The van der Waals surface area contributed by atoms with Gasteiger partial charge in [-0.1, -0.05) is 29.8 Å². The molecule has 1 aliphatic rings. The monoisotopic (exact) mass is 702 g/mol. The smallest absolute Gasteiger partial charge is 0.410 e. The molecule has 1 saturated heterocycles. The molecule has 0 radical (unpaired) electrons. The van der Waals surface area contributed by atoms with Crippen LogP contribution in [0.3, 0.4) is 0 Å². The van der Waals surface area contributed by atoms with E-state index < -0.39 is 17.7 Å². The van der Waals surface area contributed by atoms with Crippen LogP contribution in [0.25, 0.3) is 27.2 Å². The maximum atomic E-state index is 12.9. The number of carbonyl (C=O) groups excluding carboxylic acids is 2. The number of fused-ring (bicyclic) bond motifs is 1. The van der Waals surface area contributed by atoms with Crippen molar-refractivity contribution in [3.8, 4) is 27.6 Å². The first-order valence-corrected chi connectivity index (χ1v) is 17.3. The van der Waals surface area contributed by atoms with Gasteiger partial charge in [-0.05, 0) is 76.1 Å². The number of benzene rings is 2. The summed E-state index contributed by atoms with van der Waals surface area (Å²) in [6.45, 7) is 10.5. The van der Waals surface area contributed by atoms with Crippen LogP contribution in [0.1, 0.15) is 67.6 Å². The van der Waals surface area contributed by atoms with Crippen molar-refractivity contribution in [3.05, 3.63) is 88.3 Å². The quantitative estimate of drug-likeness (QED) is 0.148. The lowest BCUT2D eigenvalue weighted by Crippen LogP contribution is -2.44. The first-order chi connectivity index (χ1) is 23.4. The van der Waals surface area contributed by atoms with E-state index in [9.17, 15) is 9.59 Å². The molecule has 49 heavy (non-hydrogen) atoms. The van der Waals surface area contributed by atoms with E-state index in [1.165, 1.54) is 18.4 Å². The highest BCUT2D eigenvalue weighted by molar-refractivity contribution is 7.16. The van der Waals surface area contributed by atoms with Crippen LogP contribution in [0.5, 0.6) is 11.5 Å². The van der Waals surface area contributed by atoms with Gasteiger partial charge in [0.15, 0.2) is 4.88 Å². The number of hydrogen-bond acceptors (Lipinski definition) is 9. The summed E-state index contributed by atoms with van der Waals surface area (Å²) in [5.74, 6) is 0.414. The number of piperidine rings is 1. The van der Waals surface area contributed by atoms with Crippen molar-refractivity contribution < 1.29 is 28.5 Å². The van der Waals surface area contributed by atoms with Gasteiger partial charge in [-0.25, -0.2) is 14.6 Å². The zero-order valence-electron chi connectivity index (χ0n) is 28.4. The van der Waals surface area contributed by atoms with Gasteiger partial charge in [0.05, 0.1) is 23.2 Å². The molecule has 1 atom stereocenters. The summed E-state index contributed by atoms with van der Waals surface area (Å²) in [6.07, 6.45) is 3.89. The maximum Gasteiger partial charge on any atom is 0.410 e. The minimum absolute atomic E-state index is 0.108. The predicted molar refractivity (Wildman–Crippen MR) is 190 cm³/mol. The Labute approximate surface area is 294 Å². The number of hydrogen-bond donors (Lipinski definition) is 0. The van der Waals surface area contributed by atoms with Crippen LogP contribution in [0.15, 0.2) is 67.1 Å². The van der Waals surface area contributed by atoms with Crippen molar-refractivity contribution in [1.82, 2.24) is 19.4 Å². The molecule has 256 valence electrons. The number of carbonyl (C=O) groups is 2. The Morgan fingerprint density at radius 3 is 2.47 bits per heavy atom. The lowest BCUT2D eigenvalue weighted by molar-refractivity contribution is 0.0126. The second-order valence-electron chi connectivity index (χ2n) is 13.0. The zero-order chi connectivity index (χ0) is 34.9. The molecule has 0 saturated carbocycles. The molecule has 0 unspecified atom stereocenters. The van der Waals surface area contributed by atoms with Crippen molar-refractivity contribution >= 4 is 46.0 Å². The third-order valence-electron chi connectivity index (χ3n) is 8.19. The largest absolute Gasteiger partial charge is 0.489 e. The molecule has 0 bridgehead atoms. The minimum atomic E-state index is -0.543. The molecule has 2 aromatic carbocycles. The van der Waals surface area contributed by atoms with E-state index in [0.29, 0.717) is 52.9 Å². The summed E-state index contributed by atoms with van der Waals surface area (Å²) >= 11 is 8.15. The topological polar surface area (TPSA) is 105 Å². The fourth-order valence-electron chi connectivity index (χ4n) is 5.75. The van der Waals surface area contributed by atoms with Gasteiger partial charge in [-0.2, -0.15) is 0 Å². The molecule has 0 spiro atoms. The van der Waals surface area contributed by atoms with Crippen molar-refractivity contribution in [2.45, 2.75) is 65.3 Å². The van der Waals surface area contributed by atoms with Crippen LogP contribution in [0, 0.1) is 6.92 Å². The van der Waals surface area contributed by atoms with E-state index in [2.05, 4.69) is 9.97 Å². The van der Waals surface area contributed by atoms with Crippen LogP contribution in [0.2, 0.25) is 5.02 Å². The SMILES string of the molecule is COC(=O)c1sc(-n2cnc3cc(-c4ccnc(C)c4)ccc32)cc1O[C@H](C)c1cccc(OC2CCN(C(=O)OC(C)(C)C)CC2)c1Cl. The third-order valence-corrected chi connectivity index (χ3v) is 9.69. The Morgan fingerprint density at radius 2 is 1.76 bits per heavy atom. The molecular formula is C37H39ClN4O6S. The molecule has 1 aliphatic heterocycles. The van der Waals surface area contributed by atoms with Crippen LogP contribution < -0.4 is 9.47 Å². The Balaban J connectivity index is 1.19. The number of pyridine rings is 1. The van der Waals surface area contributed by atoms with Crippen molar-refractivity contribution in [3.63, 3.8) is 0 Å². The first-order valence-electron chi connectivity index (χ1n) is 16.1. The Kier molecular flexibility index (Phi) is 9.85. The summed E-state index contributed by atoms with van der Waals surface area (Å²) in [7, 11) is 1.35. The minimum Gasteiger partial charge on any atom is -0.489 e. The Hall–Kier alpha value is -4.61. The highest BCUT2D eigenvalue weighted by Crippen LogP contribution is 2.40. The normalized spacial score (nSPS) is 14.5. The number of ether oxygens (including phenoxy) is 4. The van der Waals surface area contributed by atoms with Gasteiger partial charge in [0.2, 0.25) is 0 Å². The first kappa shape index (κ1) is 34.3. The molecule has 1 fully saturated rings. The number of nitrogens with zero attached hydrogens (tertiary/aromatic N) is 4. The standard InChI is InChI=1S/C37H39ClN4O6S/c1-22-18-25(12-15-39-22)24-10-11-29-28(19-24)40-21-42(29)32-20-31(34(49-32)35(43)45-6)46-23(2)27-8-7-9-30(33(27)38)47-26-13-16-41(17-14-26)36(44)48-37(3,4)5/h7-12,15,18-21,23,26H,13-14,16-17H2,1-6H3/t23-/m1/s1. The highest BCUT2D eigenvalue weighted by atomic mass is 35.5. The van der Waals surface area contributed by atoms with Crippen LogP contribution in [-0.4, -0.2) is 63.4 Å². The molecule has 5 aromatic rings. The van der Waals surface area contributed by atoms with Crippen molar-refractivity contribution in [2.24, 2.45) is 0 Å². The molecule has 3 aromatic heterocycles. The molecule has 0 aliphatic carbocycles. The van der Waals surface area contributed by atoms with Gasteiger partial charge in [-0.3, -0.25) is 9.55 Å². The predicted octanol–water partition coefficient (Wildman–Crippen LogP) is 8.82. The van der Waals surface area contributed by atoms with Gasteiger partial charge >= 0.3 is 12.1 Å². The van der Waals surface area contributed by atoms with Crippen LogP contribution in [-0.2, 0) is 9.47 Å². The van der Waals surface area contributed by atoms with Crippen molar-refractivity contribution in [2.75, 3.05) is 20.2 Å². The fourth-order valence-corrected chi connectivity index (χ4v) is 7.06. The number of imidazole rings is 1. The molecule has 1 amide bonds. The van der Waals surface area contributed by atoms with Gasteiger partial charge in [-0.15, -0.1) is 11.3 Å². The van der Waals surface area contributed by atoms with Crippen LogP contribution >= 0.6 is 22.9 Å². The average molecular weight is 703 g/mol. The number of rotatable bonds is 8. The summed E-state index contributed by atoms with van der Waals surface area (Å²) in [4.78, 5) is 36.4. The maximum absolute atomic E-state index is 12.9. The molecule has 10 nitrogen and oxygen atoms in total. The highest BCUT2D eigenvalue weighted by Gasteiger charge is 2.29. The van der Waals surface area contributed by atoms with E-state index in [1.54, 1.807) is 17.4 Å². The molecule has 4 heterocycles. The number of esters is 1. The number of halogens is 1.